The number of carbonyl (C=O) groups is 1. The molecule has 2 bridgehead atoms. The largest absolute Gasteiger partial charge is 0.506 e. The summed E-state index contributed by atoms with van der Waals surface area (Å²) in [5.41, 5.74) is -0.0418. The van der Waals surface area contributed by atoms with Gasteiger partial charge in [-0.1, -0.05) is 15.9 Å². The van der Waals surface area contributed by atoms with Crippen LogP contribution >= 0.6 is 15.9 Å². The van der Waals surface area contributed by atoms with Gasteiger partial charge in [-0.2, -0.15) is 0 Å². The Kier molecular flexibility index (Phi) is 3.06. The summed E-state index contributed by atoms with van der Waals surface area (Å²) in [4.78, 5) is 12.4. The van der Waals surface area contributed by atoms with Crippen molar-refractivity contribution in [3.05, 3.63) is 22.7 Å². The molecule has 2 aliphatic heterocycles. The molecule has 1 aromatic carbocycles. The predicted molar refractivity (Wildman–Crippen MR) is 75.1 cm³/mol. The molecule has 2 saturated heterocycles. The minimum Gasteiger partial charge on any atom is -0.506 e. The number of nitrogens with one attached hydrogen (secondary N) is 1. The van der Waals surface area contributed by atoms with Crippen LogP contribution in [0.25, 0.3) is 0 Å². The van der Waals surface area contributed by atoms with Crippen LogP contribution in [-0.4, -0.2) is 23.2 Å². The van der Waals surface area contributed by atoms with Crippen LogP contribution in [0.4, 0.5) is 5.69 Å². The van der Waals surface area contributed by atoms with Crippen LogP contribution < -0.4 is 5.32 Å². The van der Waals surface area contributed by atoms with Crippen LogP contribution in [-0.2, 0) is 9.53 Å². The number of hydrogen-bond acceptors (Lipinski definition) is 3. The molecule has 0 aliphatic carbocycles. The van der Waals surface area contributed by atoms with Crippen molar-refractivity contribution in [2.24, 2.45) is 5.41 Å². The standard InChI is InChI=1S/C14H16BrNO3/c1-14(7-9-3-5-12(14)19-9)13(18)16-10-4-2-8(15)6-11(10)17/h2,4,6,9,12,17H,3,5,7H2,1H3,(H,16,18)/t9-,12-,14+/m1/s1. The zero-order valence-corrected chi connectivity index (χ0v) is 12.2. The van der Waals surface area contributed by atoms with Gasteiger partial charge in [-0.25, -0.2) is 0 Å². The summed E-state index contributed by atoms with van der Waals surface area (Å²) >= 11 is 3.27. The number of phenols is 1. The van der Waals surface area contributed by atoms with E-state index in [2.05, 4.69) is 21.2 Å². The van der Waals surface area contributed by atoms with Crippen LogP contribution in [0.15, 0.2) is 22.7 Å². The van der Waals surface area contributed by atoms with Crippen molar-refractivity contribution in [2.75, 3.05) is 5.32 Å². The van der Waals surface area contributed by atoms with Gasteiger partial charge in [0.2, 0.25) is 5.91 Å². The fourth-order valence-corrected chi connectivity index (χ4v) is 3.39. The van der Waals surface area contributed by atoms with Gasteiger partial charge in [0.15, 0.2) is 0 Å². The number of rotatable bonds is 2. The first kappa shape index (κ1) is 12.9. The molecule has 3 rings (SSSR count). The van der Waals surface area contributed by atoms with Crippen molar-refractivity contribution in [2.45, 2.75) is 38.4 Å². The van der Waals surface area contributed by atoms with Gasteiger partial charge >= 0.3 is 0 Å². The lowest BCUT2D eigenvalue weighted by Gasteiger charge is -2.29. The Balaban J connectivity index is 1.78. The van der Waals surface area contributed by atoms with Crippen LogP contribution in [0.1, 0.15) is 26.2 Å². The normalized spacial score (nSPS) is 32.5. The third-order valence-electron chi connectivity index (χ3n) is 4.20. The molecule has 19 heavy (non-hydrogen) atoms. The van der Waals surface area contributed by atoms with E-state index in [1.807, 2.05) is 6.92 Å². The van der Waals surface area contributed by atoms with Crippen molar-refractivity contribution < 1.29 is 14.6 Å². The summed E-state index contributed by atoms with van der Waals surface area (Å²) in [6, 6.07) is 5.04. The second-order valence-corrected chi connectivity index (χ2v) is 6.48. The monoisotopic (exact) mass is 325 g/mol. The molecule has 1 aromatic rings. The molecule has 4 nitrogen and oxygen atoms in total. The van der Waals surface area contributed by atoms with Gasteiger partial charge in [-0.3, -0.25) is 4.79 Å². The topological polar surface area (TPSA) is 58.6 Å². The fraction of sp³-hybridized carbons (Fsp3) is 0.500. The van der Waals surface area contributed by atoms with Gasteiger partial charge in [0, 0.05) is 4.47 Å². The maximum Gasteiger partial charge on any atom is 0.233 e. The molecule has 1 amide bonds. The summed E-state index contributed by atoms with van der Waals surface area (Å²) in [6.07, 6.45) is 2.99. The van der Waals surface area contributed by atoms with E-state index in [1.54, 1.807) is 18.2 Å². The number of benzene rings is 1. The Bertz CT molecular complexity index is 533. The summed E-state index contributed by atoms with van der Waals surface area (Å²) in [5.74, 6) is -0.00674. The van der Waals surface area contributed by atoms with Crippen molar-refractivity contribution in [3.63, 3.8) is 0 Å². The van der Waals surface area contributed by atoms with Crippen LogP contribution in [0.3, 0.4) is 0 Å². The third kappa shape index (κ3) is 2.15. The molecule has 0 aromatic heterocycles. The first-order chi connectivity index (χ1) is 8.99. The quantitative estimate of drug-likeness (QED) is 0.821. The van der Waals surface area contributed by atoms with Crippen molar-refractivity contribution in [3.8, 4) is 5.75 Å². The van der Waals surface area contributed by atoms with E-state index >= 15 is 0 Å². The Morgan fingerprint density at radius 2 is 2.32 bits per heavy atom. The Morgan fingerprint density at radius 3 is 2.89 bits per heavy atom. The second kappa shape index (κ2) is 4.49. The van der Waals surface area contributed by atoms with E-state index in [9.17, 15) is 9.90 Å². The zero-order chi connectivity index (χ0) is 13.6. The molecule has 2 fully saturated rings. The lowest BCUT2D eigenvalue weighted by molar-refractivity contribution is -0.127. The maximum atomic E-state index is 12.4. The molecule has 3 atom stereocenters. The maximum absolute atomic E-state index is 12.4. The smallest absolute Gasteiger partial charge is 0.233 e. The Hall–Kier alpha value is -1.07. The number of carbonyl (C=O) groups excluding carboxylic acids is 1. The highest BCUT2D eigenvalue weighted by atomic mass is 79.9. The number of aromatic hydroxyl groups is 1. The SMILES string of the molecule is C[C@]1(C(=O)Nc2ccc(Br)cc2O)C[C@H]2CC[C@H]1O2. The highest BCUT2D eigenvalue weighted by Crippen LogP contribution is 2.48. The van der Waals surface area contributed by atoms with E-state index in [0.717, 1.165) is 23.7 Å². The van der Waals surface area contributed by atoms with Gasteiger partial charge < -0.3 is 15.2 Å². The summed E-state index contributed by atoms with van der Waals surface area (Å²) in [7, 11) is 0. The average molecular weight is 326 g/mol. The van der Waals surface area contributed by atoms with E-state index in [4.69, 9.17) is 4.74 Å². The molecule has 0 radical (unpaired) electrons. The Labute approximate surface area is 120 Å². The van der Waals surface area contributed by atoms with Crippen molar-refractivity contribution >= 4 is 27.5 Å². The van der Waals surface area contributed by atoms with Crippen molar-refractivity contribution in [1.29, 1.82) is 0 Å². The van der Waals surface area contributed by atoms with E-state index in [1.165, 1.54) is 0 Å². The second-order valence-electron chi connectivity index (χ2n) is 5.56. The first-order valence-corrected chi connectivity index (χ1v) is 7.24. The minimum absolute atomic E-state index is 0.00934. The molecular weight excluding hydrogens is 310 g/mol. The van der Waals surface area contributed by atoms with Crippen LogP contribution in [0.5, 0.6) is 5.75 Å². The van der Waals surface area contributed by atoms with Crippen LogP contribution in [0, 0.1) is 5.41 Å². The zero-order valence-electron chi connectivity index (χ0n) is 10.6. The van der Waals surface area contributed by atoms with Gasteiger partial charge in [-0.15, -0.1) is 0 Å². The lowest BCUT2D eigenvalue weighted by Crippen LogP contribution is -2.41. The molecule has 2 aliphatic rings. The molecule has 5 heteroatoms. The number of ether oxygens (including phenoxy) is 1. The minimum atomic E-state index is -0.484. The third-order valence-corrected chi connectivity index (χ3v) is 4.69. The number of halogens is 1. The summed E-state index contributed by atoms with van der Waals surface area (Å²) < 4.78 is 6.54. The van der Waals surface area contributed by atoms with Crippen LogP contribution in [0.2, 0.25) is 0 Å². The lowest BCUT2D eigenvalue weighted by atomic mass is 9.75. The van der Waals surface area contributed by atoms with Gasteiger partial charge in [0.05, 0.1) is 23.3 Å². The van der Waals surface area contributed by atoms with Crippen molar-refractivity contribution in [1.82, 2.24) is 0 Å². The predicted octanol–water partition coefficient (Wildman–Crippen LogP) is 3.05. The van der Waals surface area contributed by atoms with E-state index in [0.29, 0.717) is 5.69 Å². The molecule has 0 saturated carbocycles. The first-order valence-electron chi connectivity index (χ1n) is 6.44. The van der Waals surface area contributed by atoms with Gasteiger partial charge in [0.25, 0.3) is 0 Å². The van der Waals surface area contributed by atoms with E-state index < -0.39 is 5.41 Å². The summed E-state index contributed by atoms with van der Waals surface area (Å²) in [5, 5.41) is 12.6. The fourth-order valence-electron chi connectivity index (χ4n) is 3.04. The van der Waals surface area contributed by atoms with Gasteiger partial charge in [-0.05, 0) is 44.4 Å². The molecule has 2 N–H and O–H groups in total. The summed E-state index contributed by atoms with van der Waals surface area (Å²) in [6.45, 7) is 1.95. The molecular formula is C14H16BrNO3. The number of fused-ring (bicyclic) bond motifs is 2. The molecule has 102 valence electrons. The molecule has 0 spiro atoms. The Morgan fingerprint density at radius 1 is 1.53 bits per heavy atom. The molecule has 2 heterocycles. The van der Waals surface area contributed by atoms with Gasteiger partial charge in [0.1, 0.15) is 5.75 Å². The number of amides is 1. The number of anilines is 1. The highest BCUT2D eigenvalue weighted by molar-refractivity contribution is 9.10. The highest BCUT2D eigenvalue weighted by Gasteiger charge is 2.53. The number of phenolic OH excluding ortho intramolecular Hbond substituents is 1. The molecule has 0 unspecified atom stereocenters. The average Bonchev–Trinajstić information content (AvgIpc) is 2.93. The number of hydrogen-bond donors (Lipinski definition) is 2. The van der Waals surface area contributed by atoms with E-state index in [-0.39, 0.29) is 23.9 Å².